The number of benzene rings is 1. The zero-order valence-electron chi connectivity index (χ0n) is 25.8. The Morgan fingerprint density at radius 3 is 2.56 bits per heavy atom. The van der Waals surface area contributed by atoms with Crippen molar-refractivity contribution in [1.29, 1.82) is 0 Å². The number of ether oxygens (including phenoxy) is 1. The van der Waals surface area contributed by atoms with Crippen molar-refractivity contribution in [1.82, 2.24) is 29.7 Å². The van der Waals surface area contributed by atoms with Crippen LogP contribution in [-0.2, 0) is 25.8 Å². The normalized spacial score (nSPS) is 30.1. The van der Waals surface area contributed by atoms with Crippen LogP contribution < -0.4 is 0 Å². The quantitative estimate of drug-likeness (QED) is 0.376. The van der Waals surface area contributed by atoms with Crippen LogP contribution in [0.5, 0.6) is 0 Å². The molecule has 0 aliphatic carbocycles. The van der Waals surface area contributed by atoms with Gasteiger partial charge in [0.2, 0.25) is 17.7 Å². The number of hydrogen-bond donors (Lipinski definition) is 1. The van der Waals surface area contributed by atoms with Gasteiger partial charge in [0.15, 0.2) is 0 Å². The van der Waals surface area contributed by atoms with Crippen LogP contribution in [0.4, 0.5) is 0 Å². The zero-order valence-corrected chi connectivity index (χ0v) is 25.8. The summed E-state index contributed by atoms with van der Waals surface area (Å²) in [4.78, 5) is 48.2. The molecule has 4 heterocycles. The summed E-state index contributed by atoms with van der Waals surface area (Å²) < 4.78 is 8.54. The smallest absolute Gasteiger partial charge is 0.250 e. The van der Waals surface area contributed by atoms with Gasteiger partial charge >= 0.3 is 0 Å². The highest BCUT2D eigenvalue weighted by molar-refractivity contribution is 5.99. The van der Waals surface area contributed by atoms with Crippen molar-refractivity contribution in [2.24, 2.45) is 23.7 Å². The fourth-order valence-electron chi connectivity index (χ4n) is 7.80. The van der Waals surface area contributed by atoms with Crippen molar-refractivity contribution in [3.8, 4) is 0 Å². The maximum Gasteiger partial charge on any atom is 0.250 e. The van der Waals surface area contributed by atoms with Gasteiger partial charge in [-0.15, -0.1) is 18.3 Å². The van der Waals surface area contributed by atoms with Crippen molar-refractivity contribution in [3.63, 3.8) is 0 Å². The van der Waals surface area contributed by atoms with E-state index in [2.05, 4.69) is 23.5 Å². The van der Waals surface area contributed by atoms with E-state index in [1.807, 2.05) is 52.0 Å². The molecule has 7 atom stereocenters. The molecule has 232 valence electrons. The van der Waals surface area contributed by atoms with Gasteiger partial charge in [0.25, 0.3) is 0 Å². The number of aliphatic hydroxyl groups excluding tert-OH is 1. The molecule has 3 fully saturated rings. The second-order valence-corrected chi connectivity index (χ2v) is 13.0. The van der Waals surface area contributed by atoms with Gasteiger partial charge < -0.3 is 24.5 Å². The molecular formula is C32H44N6O5. The van der Waals surface area contributed by atoms with E-state index in [-0.39, 0.29) is 49.4 Å². The van der Waals surface area contributed by atoms with Crippen molar-refractivity contribution >= 4 is 28.8 Å². The first-order valence-corrected chi connectivity index (χ1v) is 15.1. The number of amides is 3. The van der Waals surface area contributed by atoms with Gasteiger partial charge in [-0.25, -0.2) is 4.68 Å². The van der Waals surface area contributed by atoms with Crippen LogP contribution in [0.15, 0.2) is 49.6 Å². The van der Waals surface area contributed by atoms with Crippen LogP contribution in [-0.4, -0.2) is 103 Å². The summed E-state index contributed by atoms with van der Waals surface area (Å²) in [6.45, 7) is 15.9. The third kappa shape index (κ3) is 4.77. The highest BCUT2D eigenvalue weighted by atomic mass is 16.5. The highest BCUT2D eigenvalue weighted by Gasteiger charge is 2.80. The Balaban J connectivity index is 1.62. The molecule has 11 heteroatoms. The molecular weight excluding hydrogens is 548 g/mol. The number of carbonyl (C=O) groups is 3. The van der Waals surface area contributed by atoms with Crippen LogP contribution in [0.2, 0.25) is 0 Å². The number of fused-ring (bicyclic) bond motifs is 2. The molecule has 43 heavy (non-hydrogen) atoms. The SMILES string of the molecule is C=CCN(C)C(=O)[C@@H]1[C@H]2C(=O)N([C@@H](CO)CC(C)C)C(C(=O)N(CC=C)Cn3nnc4ccccc43)C23CC(C)[C@@]1(C)O3. The van der Waals surface area contributed by atoms with Gasteiger partial charge in [-0.3, -0.25) is 14.4 Å². The molecule has 3 aliphatic heterocycles. The number of likely N-dealkylation sites (tertiary alicyclic amines) is 1. The summed E-state index contributed by atoms with van der Waals surface area (Å²) >= 11 is 0. The average Bonchev–Trinajstić information content (AvgIpc) is 3.64. The highest BCUT2D eigenvalue weighted by Crippen LogP contribution is 2.65. The van der Waals surface area contributed by atoms with E-state index in [0.717, 1.165) is 5.52 Å². The summed E-state index contributed by atoms with van der Waals surface area (Å²) in [6.07, 6.45) is 4.22. The van der Waals surface area contributed by atoms with Gasteiger partial charge in [-0.05, 0) is 43.7 Å². The number of hydrogen-bond acceptors (Lipinski definition) is 7. The Bertz CT molecular complexity index is 1420. The zero-order chi connectivity index (χ0) is 31.3. The van der Waals surface area contributed by atoms with Crippen LogP contribution in [0.1, 0.15) is 40.5 Å². The predicted molar refractivity (Wildman–Crippen MR) is 161 cm³/mol. The van der Waals surface area contributed by atoms with Gasteiger partial charge in [0, 0.05) is 20.1 Å². The lowest BCUT2D eigenvalue weighted by atomic mass is 9.62. The number of likely N-dealkylation sites (N-methyl/N-ethyl adjacent to an activating group) is 1. The van der Waals surface area contributed by atoms with Crippen LogP contribution >= 0.6 is 0 Å². The van der Waals surface area contributed by atoms with E-state index in [4.69, 9.17) is 4.74 Å². The molecule has 1 aromatic carbocycles. The molecule has 3 saturated heterocycles. The summed E-state index contributed by atoms with van der Waals surface area (Å²) in [5.74, 6) is -2.44. The Hall–Kier alpha value is -3.57. The van der Waals surface area contributed by atoms with Gasteiger partial charge in [0.1, 0.15) is 23.8 Å². The first-order chi connectivity index (χ1) is 20.4. The molecule has 0 radical (unpaired) electrons. The molecule has 1 N–H and O–H groups in total. The molecule has 1 spiro atoms. The van der Waals surface area contributed by atoms with Crippen molar-refractivity contribution in [2.75, 3.05) is 26.7 Å². The molecule has 11 nitrogen and oxygen atoms in total. The predicted octanol–water partition coefficient (Wildman–Crippen LogP) is 2.47. The molecule has 0 saturated carbocycles. The number of rotatable bonds is 12. The Kier molecular flexibility index (Phi) is 8.26. The largest absolute Gasteiger partial charge is 0.394 e. The summed E-state index contributed by atoms with van der Waals surface area (Å²) in [5, 5.41) is 19.1. The average molecular weight is 593 g/mol. The molecule has 3 aliphatic rings. The van der Waals surface area contributed by atoms with E-state index >= 15 is 0 Å². The molecule has 3 amide bonds. The molecule has 3 unspecified atom stereocenters. The summed E-state index contributed by atoms with van der Waals surface area (Å²) in [5.41, 5.74) is -0.698. The minimum atomic E-state index is -1.23. The molecule has 2 aromatic rings. The minimum Gasteiger partial charge on any atom is -0.394 e. The lowest BCUT2D eigenvalue weighted by Crippen LogP contribution is -2.59. The second kappa shape index (κ2) is 11.5. The standard InChI is InChI=1S/C32H44N6O5/c1-8-14-35(7)28(40)25-26-29(41)38(22(18-39)16-20(3)4)27(32(26)17-21(5)31(25,6)43-32)30(42)36(15-9-2)19-37-24-13-11-10-12-23(24)33-34-37/h8-13,20-22,25-27,39H,1-2,14-19H2,3-7H3/t21?,22-,25+,26+,27?,31-,32?/m1/s1. The van der Waals surface area contributed by atoms with Crippen molar-refractivity contribution in [3.05, 3.63) is 49.6 Å². The van der Waals surface area contributed by atoms with Crippen LogP contribution in [0.25, 0.3) is 11.0 Å². The maximum atomic E-state index is 14.9. The fourth-order valence-corrected chi connectivity index (χ4v) is 7.80. The van der Waals surface area contributed by atoms with Crippen molar-refractivity contribution < 1.29 is 24.2 Å². The van der Waals surface area contributed by atoms with Crippen LogP contribution in [0, 0.1) is 23.7 Å². The van der Waals surface area contributed by atoms with Gasteiger partial charge in [-0.2, -0.15) is 0 Å². The van der Waals surface area contributed by atoms with Gasteiger partial charge in [0.05, 0.1) is 35.6 Å². The lowest BCUT2D eigenvalue weighted by Gasteiger charge is -2.39. The molecule has 1 aromatic heterocycles. The number of para-hydroxylation sites is 1. The lowest BCUT2D eigenvalue weighted by molar-refractivity contribution is -0.158. The summed E-state index contributed by atoms with van der Waals surface area (Å²) in [7, 11) is 1.69. The van der Waals surface area contributed by atoms with Crippen LogP contribution in [0.3, 0.4) is 0 Å². The summed E-state index contributed by atoms with van der Waals surface area (Å²) in [6, 6.07) is 5.84. The van der Waals surface area contributed by atoms with E-state index in [1.54, 1.807) is 38.6 Å². The van der Waals surface area contributed by atoms with E-state index in [9.17, 15) is 19.5 Å². The Morgan fingerprint density at radius 1 is 1.21 bits per heavy atom. The minimum absolute atomic E-state index is 0.0792. The topological polar surface area (TPSA) is 121 Å². The number of aromatic nitrogens is 3. The second-order valence-electron chi connectivity index (χ2n) is 13.0. The van der Waals surface area contributed by atoms with E-state index < -0.39 is 35.1 Å². The number of nitrogens with zero attached hydrogens (tertiary/aromatic N) is 6. The van der Waals surface area contributed by atoms with Crippen molar-refractivity contribution in [2.45, 2.75) is 70.5 Å². The number of aliphatic hydroxyl groups is 1. The third-order valence-electron chi connectivity index (χ3n) is 9.77. The number of carbonyl (C=O) groups excluding carboxylic acids is 3. The first kappa shape index (κ1) is 30.9. The maximum absolute atomic E-state index is 14.9. The monoisotopic (exact) mass is 592 g/mol. The van der Waals surface area contributed by atoms with E-state index in [0.29, 0.717) is 24.9 Å². The first-order valence-electron chi connectivity index (χ1n) is 15.1. The van der Waals surface area contributed by atoms with Gasteiger partial charge in [-0.1, -0.05) is 50.3 Å². The Morgan fingerprint density at radius 2 is 1.91 bits per heavy atom. The third-order valence-corrected chi connectivity index (χ3v) is 9.77. The molecule has 2 bridgehead atoms. The van der Waals surface area contributed by atoms with E-state index in [1.165, 1.54) is 0 Å². The Labute approximate surface area is 253 Å². The fraction of sp³-hybridized carbons (Fsp3) is 0.594. The molecule has 5 rings (SSSR count).